The molecule has 0 fully saturated rings. The smallest absolute Gasteiger partial charge is 0.209 e. The fraction of sp³-hybridized carbons (Fsp3) is 0.391. The predicted octanol–water partition coefficient (Wildman–Crippen LogP) is 12.7. The third kappa shape index (κ3) is 4.27. The van der Waals surface area contributed by atoms with Gasteiger partial charge in [0.05, 0.1) is 9.79 Å². The van der Waals surface area contributed by atoms with Crippen molar-refractivity contribution < 1.29 is 8.42 Å². The summed E-state index contributed by atoms with van der Waals surface area (Å²) >= 11 is 0. The van der Waals surface area contributed by atoms with Crippen molar-refractivity contribution in [2.45, 2.75) is 134 Å². The first kappa shape index (κ1) is 35.1. The Morgan fingerprint density at radius 3 is 0.510 bits per heavy atom. The van der Waals surface area contributed by atoms with Crippen molar-refractivity contribution in [1.82, 2.24) is 0 Å². The van der Waals surface area contributed by atoms with E-state index in [1.165, 1.54) is 55.6 Å². The van der Waals surface area contributed by atoms with Crippen molar-refractivity contribution in [3.8, 4) is 0 Å². The second-order valence-electron chi connectivity index (χ2n) is 15.4. The van der Waals surface area contributed by atoms with E-state index in [0.29, 0.717) is 9.79 Å². The van der Waals surface area contributed by atoms with Crippen LogP contribution in [0, 0.1) is 125 Å². The van der Waals surface area contributed by atoms with Crippen molar-refractivity contribution in [3.05, 3.63) is 100 Å². The van der Waals surface area contributed by atoms with Gasteiger partial charge >= 0.3 is 0 Å². The van der Waals surface area contributed by atoms with E-state index in [0.717, 1.165) is 87.6 Å². The standard InChI is InChI=1S/C46H54O2S/c1-19-23(5)31(13)41-37(27(19)9)35(17)38-28(10)20(2)24(6)32(14)42(38)45(41)49(47,48)46-43-33(15)25(7)21(3)29(11)39(43)36(18)40-30(12)22(4)26(8)34(16)44(40)46/h1-18H3. The van der Waals surface area contributed by atoms with E-state index in [4.69, 9.17) is 0 Å². The highest BCUT2D eigenvalue weighted by atomic mass is 32.2. The average molecular weight is 671 g/mol. The number of fused-ring (bicyclic) bond motifs is 4. The van der Waals surface area contributed by atoms with Crippen molar-refractivity contribution in [3.63, 3.8) is 0 Å². The van der Waals surface area contributed by atoms with Gasteiger partial charge in [0.1, 0.15) is 0 Å². The predicted molar refractivity (Wildman–Crippen MR) is 214 cm³/mol. The largest absolute Gasteiger partial charge is 0.218 e. The van der Waals surface area contributed by atoms with Gasteiger partial charge in [0.2, 0.25) is 9.84 Å². The lowest BCUT2D eigenvalue weighted by Crippen LogP contribution is -2.13. The van der Waals surface area contributed by atoms with Crippen LogP contribution in [0.15, 0.2) is 9.79 Å². The SMILES string of the molecule is Cc1c(C)c(C)c2c(S(=O)(=O)c3c4c(C)c(C)c(C)c(C)c4c(C)c4c(C)c(C)c(C)c(C)c34)c3c(C)c(C)c(C)c(C)c3c(C)c2c1C. The summed E-state index contributed by atoms with van der Waals surface area (Å²) in [6.07, 6.45) is 0. The molecule has 2 nitrogen and oxygen atoms in total. The van der Waals surface area contributed by atoms with Gasteiger partial charge in [-0.3, -0.25) is 0 Å². The van der Waals surface area contributed by atoms with Crippen LogP contribution in [0.5, 0.6) is 0 Å². The summed E-state index contributed by atoms with van der Waals surface area (Å²) in [5, 5.41) is 7.86. The van der Waals surface area contributed by atoms with Crippen LogP contribution in [0.4, 0.5) is 0 Å². The highest BCUT2D eigenvalue weighted by Crippen LogP contribution is 2.51. The zero-order chi connectivity index (χ0) is 36.7. The zero-order valence-electron chi connectivity index (χ0n) is 33.2. The van der Waals surface area contributed by atoms with Crippen LogP contribution in [0.25, 0.3) is 43.1 Å². The Morgan fingerprint density at radius 1 is 0.204 bits per heavy atom. The Hall–Kier alpha value is -3.69. The molecule has 0 saturated heterocycles. The maximum atomic E-state index is 16.6. The van der Waals surface area contributed by atoms with Gasteiger partial charge in [-0.2, -0.15) is 0 Å². The van der Waals surface area contributed by atoms with Crippen LogP contribution in [0.2, 0.25) is 0 Å². The second kappa shape index (κ2) is 11.2. The zero-order valence-corrected chi connectivity index (χ0v) is 34.0. The first-order valence-electron chi connectivity index (χ1n) is 17.7. The molecular formula is C46H54O2S. The number of benzene rings is 6. The van der Waals surface area contributed by atoms with Crippen molar-refractivity contribution in [1.29, 1.82) is 0 Å². The lowest BCUT2D eigenvalue weighted by atomic mass is 9.82. The van der Waals surface area contributed by atoms with Gasteiger partial charge in [-0.15, -0.1) is 0 Å². The highest BCUT2D eigenvalue weighted by Gasteiger charge is 2.35. The van der Waals surface area contributed by atoms with E-state index in [9.17, 15) is 0 Å². The summed E-state index contributed by atoms with van der Waals surface area (Å²) in [5.41, 5.74) is 20.8. The van der Waals surface area contributed by atoms with Gasteiger partial charge in [0.25, 0.3) is 0 Å². The minimum atomic E-state index is -4.15. The van der Waals surface area contributed by atoms with Crippen LogP contribution < -0.4 is 0 Å². The topological polar surface area (TPSA) is 34.1 Å². The molecule has 6 aromatic rings. The van der Waals surface area contributed by atoms with Gasteiger partial charge in [0, 0.05) is 21.5 Å². The molecule has 0 aliphatic heterocycles. The number of aryl methyl sites for hydroxylation is 10. The molecule has 0 aromatic heterocycles. The first-order chi connectivity index (χ1) is 22.6. The van der Waals surface area contributed by atoms with E-state index >= 15 is 8.42 Å². The highest BCUT2D eigenvalue weighted by molar-refractivity contribution is 7.92. The summed E-state index contributed by atoms with van der Waals surface area (Å²) < 4.78 is 33.1. The molecule has 0 heterocycles. The minimum Gasteiger partial charge on any atom is -0.218 e. The Labute approximate surface area is 294 Å². The van der Waals surface area contributed by atoms with E-state index in [1.807, 2.05) is 0 Å². The molecule has 0 spiro atoms. The molecule has 0 unspecified atom stereocenters. The quantitative estimate of drug-likeness (QED) is 0.172. The Kier molecular flexibility index (Phi) is 8.00. The molecule has 0 atom stereocenters. The molecule has 6 aromatic carbocycles. The van der Waals surface area contributed by atoms with Crippen LogP contribution in [-0.4, -0.2) is 8.42 Å². The van der Waals surface area contributed by atoms with Crippen molar-refractivity contribution in [2.24, 2.45) is 0 Å². The van der Waals surface area contributed by atoms with Gasteiger partial charge in [0.15, 0.2) is 0 Å². The molecule has 0 saturated carbocycles. The van der Waals surface area contributed by atoms with E-state index < -0.39 is 9.84 Å². The van der Waals surface area contributed by atoms with E-state index in [-0.39, 0.29) is 0 Å². The normalized spacial score (nSPS) is 12.4. The van der Waals surface area contributed by atoms with Gasteiger partial charge in [-0.25, -0.2) is 8.42 Å². The molecule has 49 heavy (non-hydrogen) atoms. The molecule has 0 radical (unpaired) electrons. The first-order valence-corrected chi connectivity index (χ1v) is 19.2. The summed E-state index contributed by atoms with van der Waals surface area (Å²) in [5.74, 6) is 0. The van der Waals surface area contributed by atoms with Gasteiger partial charge in [-0.05, 0) is 246 Å². The maximum Gasteiger partial charge on any atom is 0.209 e. The fourth-order valence-electron chi connectivity index (χ4n) is 9.40. The van der Waals surface area contributed by atoms with Crippen LogP contribution in [0.1, 0.15) is 100 Å². The Balaban J connectivity index is 2.11. The second-order valence-corrected chi connectivity index (χ2v) is 17.2. The molecular weight excluding hydrogens is 617 g/mol. The molecule has 0 N–H and O–H groups in total. The number of rotatable bonds is 2. The molecule has 6 rings (SSSR count). The average Bonchev–Trinajstić information content (AvgIpc) is 3.06. The van der Waals surface area contributed by atoms with E-state index in [2.05, 4.69) is 125 Å². The van der Waals surface area contributed by atoms with E-state index in [1.54, 1.807) is 0 Å². The fourth-order valence-corrected chi connectivity index (χ4v) is 11.7. The lowest BCUT2D eigenvalue weighted by molar-refractivity contribution is 0.599. The van der Waals surface area contributed by atoms with Crippen LogP contribution >= 0.6 is 0 Å². The molecule has 0 aliphatic carbocycles. The monoisotopic (exact) mass is 670 g/mol. The number of sulfone groups is 1. The summed E-state index contributed by atoms with van der Waals surface area (Å²) in [4.78, 5) is 0.958. The molecule has 0 bridgehead atoms. The molecule has 256 valence electrons. The summed E-state index contributed by atoms with van der Waals surface area (Å²) in [6.45, 7) is 39.0. The van der Waals surface area contributed by atoms with Gasteiger partial charge in [-0.1, -0.05) is 0 Å². The molecule has 0 amide bonds. The number of hydrogen-bond acceptors (Lipinski definition) is 2. The Morgan fingerprint density at radius 2 is 0.347 bits per heavy atom. The summed E-state index contributed by atoms with van der Waals surface area (Å²) in [6, 6.07) is 0. The van der Waals surface area contributed by atoms with Gasteiger partial charge < -0.3 is 0 Å². The maximum absolute atomic E-state index is 16.6. The third-order valence-corrected chi connectivity index (χ3v) is 15.6. The molecule has 0 aliphatic rings. The Bertz CT molecular complexity index is 2320. The molecule has 3 heteroatoms. The van der Waals surface area contributed by atoms with Crippen molar-refractivity contribution in [2.75, 3.05) is 0 Å². The van der Waals surface area contributed by atoms with Crippen LogP contribution in [0.3, 0.4) is 0 Å². The number of hydrogen-bond donors (Lipinski definition) is 0. The lowest BCUT2D eigenvalue weighted by Gasteiger charge is -2.28. The van der Waals surface area contributed by atoms with Crippen LogP contribution in [-0.2, 0) is 9.84 Å². The van der Waals surface area contributed by atoms with Crippen molar-refractivity contribution >= 4 is 52.9 Å². The third-order valence-electron chi connectivity index (χ3n) is 13.7. The summed E-state index contributed by atoms with van der Waals surface area (Å²) in [7, 11) is -4.15. The minimum absolute atomic E-state index is 0.479.